The Kier molecular flexibility index (Phi) is 9.00. The van der Waals surface area contributed by atoms with Gasteiger partial charge in [0.15, 0.2) is 0 Å². The molecule has 3 aromatic rings. The Bertz CT molecular complexity index is 1710. The molecule has 1 N–H and O–H groups in total. The van der Waals surface area contributed by atoms with E-state index in [4.69, 9.17) is 14.5 Å². The number of aliphatic imine (C=N–C) groups is 1. The van der Waals surface area contributed by atoms with Gasteiger partial charge in [0.25, 0.3) is 0 Å². The summed E-state index contributed by atoms with van der Waals surface area (Å²) >= 11 is 0. The number of rotatable bonds is 5. The summed E-state index contributed by atoms with van der Waals surface area (Å²) in [5.41, 5.74) is 6.45. The molecule has 254 valence electrons. The zero-order valence-corrected chi connectivity index (χ0v) is 29.5. The predicted molar refractivity (Wildman–Crippen MR) is 189 cm³/mol. The van der Waals surface area contributed by atoms with Gasteiger partial charge in [0.05, 0.1) is 24.0 Å². The van der Waals surface area contributed by atoms with Crippen molar-refractivity contribution in [3.63, 3.8) is 0 Å². The van der Waals surface area contributed by atoms with Gasteiger partial charge < -0.3 is 14.5 Å². The number of nitrogens with one attached hydrogen (secondary N) is 1. The van der Waals surface area contributed by atoms with Crippen LogP contribution in [0.15, 0.2) is 65.9 Å². The minimum absolute atomic E-state index is 0.0297. The highest BCUT2D eigenvalue weighted by Crippen LogP contribution is 2.37. The Morgan fingerprint density at radius 2 is 1.21 bits per heavy atom. The molecular weight excluding hydrogens is 602 g/mol. The van der Waals surface area contributed by atoms with E-state index in [1.54, 1.807) is 4.90 Å². The molecule has 48 heavy (non-hydrogen) atoms. The molecule has 0 saturated carbocycles. The van der Waals surface area contributed by atoms with Crippen molar-refractivity contribution < 1.29 is 19.1 Å². The topological polar surface area (TPSA) is 100 Å². The second-order valence-corrected chi connectivity index (χ2v) is 15.8. The van der Waals surface area contributed by atoms with Crippen LogP contribution in [-0.4, -0.2) is 68.0 Å². The number of allylic oxidation sites excluding steroid dienone is 1. The minimum atomic E-state index is -0.545. The molecule has 2 saturated heterocycles. The summed E-state index contributed by atoms with van der Waals surface area (Å²) in [6.45, 7) is 17.1. The van der Waals surface area contributed by atoms with E-state index in [2.05, 4.69) is 72.3 Å². The molecule has 4 atom stereocenters. The van der Waals surface area contributed by atoms with Gasteiger partial charge in [-0.3, -0.25) is 14.8 Å². The van der Waals surface area contributed by atoms with Crippen LogP contribution in [0.5, 0.6) is 0 Å². The highest BCUT2D eigenvalue weighted by molar-refractivity contribution is 6.03. The van der Waals surface area contributed by atoms with E-state index in [9.17, 15) is 9.59 Å². The molecule has 9 heteroatoms. The zero-order chi connectivity index (χ0) is 34.4. The van der Waals surface area contributed by atoms with Gasteiger partial charge in [-0.05, 0) is 94.0 Å². The number of hydrogen-bond acceptors (Lipinski definition) is 6. The molecular formula is C39H49N5O4. The molecule has 3 aliphatic rings. The van der Waals surface area contributed by atoms with Crippen LogP contribution < -0.4 is 0 Å². The molecule has 6 rings (SSSR count). The Morgan fingerprint density at radius 3 is 1.75 bits per heavy atom. The summed E-state index contributed by atoms with van der Waals surface area (Å²) < 4.78 is 11.4. The van der Waals surface area contributed by atoms with Crippen molar-refractivity contribution in [2.75, 3.05) is 13.1 Å². The first-order chi connectivity index (χ1) is 22.6. The van der Waals surface area contributed by atoms with Gasteiger partial charge in [-0.25, -0.2) is 14.6 Å². The molecule has 0 bridgehead atoms. The summed E-state index contributed by atoms with van der Waals surface area (Å²) in [6.07, 6.45) is 5.72. The molecule has 1 aromatic heterocycles. The Hall–Kier alpha value is -4.40. The second-order valence-electron chi connectivity index (χ2n) is 15.8. The molecule has 0 aliphatic carbocycles. The van der Waals surface area contributed by atoms with Crippen molar-refractivity contribution in [3.05, 3.63) is 72.3 Å². The molecule has 0 spiro atoms. The van der Waals surface area contributed by atoms with E-state index < -0.39 is 11.2 Å². The van der Waals surface area contributed by atoms with E-state index in [-0.39, 0.29) is 24.3 Å². The van der Waals surface area contributed by atoms with Crippen molar-refractivity contribution in [2.24, 2.45) is 16.8 Å². The molecule has 2 aromatic carbocycles. The smallest absolute Gasteiger partial charge is 0.410 e. The number of aromatic nitrogens is 2. The van der Waals surface area contributed by atoms with Crippen LogP contribution in [-0.2, 0) is 9.47 Å². The number of aromatic amines is 1. The van der Waals surface area contributed by atoms with Crippen LogP contribution in [0.4, 0.5) is 9.59 Å². The monoisotopic (exact) mass is 651 g/mol. The maximum atomic E-state index is 12.9. The largest absolute Gasteiger partial charge is 0.444 e. The van der Waals surface area contributed by atoms with Crippen molar-refractivity contribution in [1.29, 1.82) is 0 Å². The van der Waals surface area contributed by atoms with Gasteiger partial charge in [0.1, 0.15) is 17.0 Å². The molecule has 2 amide bonds. The van der Waals surface area contributed by atoms with Crippen molar-refractivity contribution in [2.45, 2.75) is 97.9 Å². The van der Waals surface area contributed by atoms with Gasteiger partial charge >= 0.3 is 12.2 Å². The lowest BCUT2D eigenvalue weighted by molar-refractivity contribution is 0.0212. The summed E-state index contributed by atoms with van der Waals surface area (Å²) in [7, 11) is 0. The quantitative estimate of drug-likeness (QED) is 0.297. The van der Waals surface area contributed by atoms with E-state index in [0.717, 1.165) is 64.3 Å². The van der Waals surface area contributed by atoms with Crippen molar-refractivity contribution >= 4 is 23.5 Å². The summed E-state index contributed by atoms with van der Waals surface area (Å²) in [4.78, 5) is 42.5. The minimum Gasteiger partial charge on any atom is -0.444 e. The summed E-state index contributed by atoms with van der Waals surface area (Å²) in [5.74, 6) is 1.56. The third-order valence-electron chi connectivity index (χ3n) is 9.11. The Morgan fingerprint density at radius 1 is 0.729 bits per heavy atom. The fourth-order valence-electron chi connectivity index (χ4n) is 6.91. The Labute approximate surface area is 284 Å². The van der Waals surface area contributed by atoms with Crippen molar-refractivity contribution in [3.8, 4) is 22.4 Å². The first kappa shape index (κ1) is 33.5. The average molecular weight is 652 g/mol. The standard InChI is InChI=1S/C39H49N5O4/c1-24-17-33(43(22-24)36(45)47-38(3,4)5)31-19-30(20-40-31)28-11-9-26(10-12-28)27-13-15-29(16-14-27)32-21-41-35(42-32)34-18-25(2)23-44(34)37(46)48-39(6,7)8/h9-16,20-21,24-25,33-34H,17-19,22-23H2,1-8H3,(H,41,42)/t24-,25-,33-,34-/m0/s1. The number of amides is 2. The summed E-state index contributed by atoms with van der Waals surface area (Å²) in [5, 5.41) is 0. The highest BCUT2D eigenvalue weighted by atomic mass is 16.6. The number of nitrogens with zero attached hydrogens (tertiary/aromatic N) is 4. The number of carbonyl (C=O) groups is 2. The maximum absolute atomic E-state index is 12.9. The SMILES string of the molecule is C[C@H]1C[C@@H](C2=NC=C(c3ccc(-c4ccc(-c5cnc([C@@H]6C[C@H](C)CN6C(=O)OC(C)(C)C)[nH]5)cc4)cc3)C2)N(C(=O)OC(C)(C)C)C1. The summed E-state index contributed by atoms with van der Waals surface area (Å²) in [6, 6.07) is 16.9. The average Bonchev–Trinajstić information content (AvgIpc) is 3.81. The number of ether oxygens (including phenoxy) is 2. The van der Waals surface area contributed by atoms with E-state index in [1.807, 2.05) is 58.8 Å². The highest BCUT2D eigenvalue weighted by Gasteiger charge is 2.40. The van der Waals surface area contributed by atoms with Gasteiger partial charge in [0.2, 0.25) is 0 Å². The first-order valence-electron chi connectivity index (χ1n) is 17.1. The van der Waals surface area contributed by atoms with Gasteiger partial charge in [-0.1, -0.05) is 62.4 Å². The van der Waals surface area contributed by atoms with Crippen molar-refractivity contribution in [1.82, 2.24) is 19.8 Å². The predicted octanol–water partition coefficient (Wildman–Crippen LogP) is 8.89. The first-order valence-corrected chi connectivity index (χ1v) is 17.1. The molecule has 0 radical (unpaired) electrons. The lowest BCUT2D eigenvalue weighted by atomic mass is 9.95. The van der Waals surface area contributed by atoms with E-state index in [1.165, 1.54) is 0 Å². The number of benzene rings is 2. The van der Waals surface area contributed by atoms with Crippen LogP contribution >= 0.6 is 0 Å². The normalized spacial score (nSPS) is 22.9. The van der Waals surface area contributed by atoms with E-state index in [0.29, 0.717) is 24.9 Å². The lowest BCUT2D eigenvalue weighted by Crippen LogP contribution is -2.43. The third-order valence-corrected chi connectivity index (χ3v) is 9.11. The molecule has 4 heterocycles. The number of carbonyl (C=O) groups excluding carboxylic acids is 2. The number of likely N-dealkylation sites (tertiary alicyclic amines) is 2. The second kappa shape index (κ2) is 12.9. The molecule has 2 fully saturated rings. The lowest BCUT2D eigenvalue weighted by Gasteiger charge is -2.28. The van der Waals surface area contributed by atoms with Crippen LogP contribution in [0, 0.1) is 11.8 Å². The van der Waals surface area contributed by atoms with Crippen LogP contribution in [0.3, 0.4) is 0 Å². The Balaban J connectivity index is 1.09. The van der Waals surface area contributed by atoms with Crippen LogP contribution in [0.1, 0.15) is 92.1 Å². The number of hydrogen-bond donors (Lipinski definition) is 1. The molecule has 0 unspecified atom stereocenters. The van der Waals surface area contributed by atoms with Crippen LogP contribution in [0.25, 0.3) is 28.0 Å². The fraction of sp³-hybridized carbons (Fsp3) is 0.487. The number of imidazole rings is 1. The number of H-pyrrole nitrogens is 1. The molecule has 9 nitrogen and oxygen atoms in total. The van der Waals surface area contributed by atoms with Gasteiger partial charge in [-0.2, -0.15) is 0 Å². The van der Waals surface area contributed by atoms with Crippen LogP contribution in [0.2, 0.25) is 0 Å². The fourth-order valence-corrected chi connectivity index (χ4v) is 6.91. The zero-order valence-electron chi connectivity index (χ0n) is 29.5. The van der Waals surface area contributed by atoms with E-state index >= 15 is 0 Å². The molecule has 3 aliphatic heterocycles. The van der Waals surface area contributed by atoms with Gasteiger partial charge in [-0.15, -0.1) is 0 Å². The maximum Gasteiger partial charge on any atom is 0.410 e. The third kappa shape index (κ3) is 7.50. The van der Waals surface area contributed by atoms with Gasteiger partial charge in [0, 0.05) is 31.4 Å².